The third-order valence-corrected chi connectivity index (χ3v) is 6.91. The summed E-state index contributed by atoms with van der Waals surface area (Å²) < 4.78 is 0. The van der Waals surface area contributed by atoms with Crippen LogP contribution < -0.4 is 5.32 Å². The van der Waals surface area contributed by atoms with Crippen LogP contribution in [-0.2, 0) is 0 Å². The molecule has 3 heterocycles. The zero-order valence-electron chi connectivity index (χ0n) is 18.6. The van der Waals surface area contributed by atoms with E-state index in [0.29, 0.717) is 26.9 Å². The van der Waals surface area contributed by atoms with Gasteiger partial charge in [-0.25, -0.2) is 15.0 Å². The first-order valence-corrected chi connectivity index (χ1v) is 11.8. The van der Waals surface area contributed by atoms with Gasteiger partial charge in [-0.05, 0) is 63.9 Å². The Morgan fingerprint density at radius 3 is 2.64 bits per heavy atom. The van der Waals surface area contributed by atoms with Gasteiger partial charge in [0.25, 0.3) is 5.91 Å². The molecule has 170 valence electrons. The number of nitrogens with zero attached hydrogens (tertiary/aromatic N) is 4. The lowest BCUT2D eigenvalue weighted by molar-refractivity contribution is 0.0693. The summed E-state index contributed by atoms with van der Waals surface area (Å²) in [5.41, 5.74) is 2.84. The molecule has 0 spiro atoms. The molecule has 3 atom stereocenters. The molecule has 2 aromatic carbocycles. The molecule has 3 unspecified atom stereocenters. The Hall–Kier alpha value is -2.90. The molecular weight excluding hydrogens is 459 g/mol. The lowest BCUT2D eigenvalue weighted by atomic mass is 10.1. The first kappa shape index (κ1) is 21.9. The fourth-order valence-corrected chi connectivity index (χ4v) is 4.99. The Morgan fingerprint density at radius 1 is 1.12 bits per heavy atom. The standard InChI is InChI=1S/C24H24Cl2N6O/c1-12-4-5-13(2)32(12)24(33)16-10-20-17(9-18(16)26)23(28-11-27-20)29-14(3)22-30-19-7-6-15(25)8-21(19)31-22/h6-14H,4-5H2,1-3H3,(H,30,31)(H,27,28,29). The number of aromatic amines is 1. The van der Waals surface area contributed by atoms with Gasteiger partial charge in [0.1, 0.15) is 18.0 Å². The van der Waals surface area contributed by atoms with E-state index >= 15 is 0 Å². The number of anilines is 1. The van der Waals surface area contributed by atoms with Crippen LogP contribution in [0.2, 0.25) is 10.0 Å². The molecule has 2 aromatic heterocycles. The number of aromatic nitrogens is 4. The number of carbonyl (C=O) groups excluding carboxylic acids is 1. The number of H-pyrrole nitrogens is 1. The van der Waals surface area contributed by atoms with E-state index in [1.54, 1.807) is 12.1 Å². The number of carbonyl (C=O) groups is 1. The Balaban J connectivity index is 1.46. The van der Waals surface area contributed by atoms with Crippen LogP contribution in [0.3, 0.4) is 0 Å². The molecule has 9 heteroatoms. The highest BCUT2D eigenvalue weighted by Gasteiger charge is 2.33. The monoisotopic (exact) mass is 482 g/mol. The molecule has 1 aliphatic rings. The van der Waals surface area contributed by atoms with Crippen LogP contribution in [-0.4, -0.2) is 42.8 Å². The van der Waals surface area contributed by atoms with Crippen LogP contribution in [0.4, 0.5) is 5.82 Å². The summed E-state index contributed by atoms with van der Waals surface area (Å²) in [5.74, 6) is 1.32. The van der Waals surface area contributed by atoms with Gasteiger partial charge >= 0.3 is 0 Å². The molecule has 33 heavy (non-hydrogen) atoms. The molecule has 0 radical (unpaired) electrons. The van der Waals surface area contributed by atoms with Crippen LogP contribution in [0, 0.1) is 0 Å². The van der Waals surface area contributed by atoms with Crippen molar-refractivity contribution in [1.82, 2.24) is 24.8 Å². The minimum atomic E-state index is -0.166. The van der Waals surface area contributed by atoms with Gasteiger partial charge in [0, 0.05) is 22.5 Å². The van der Waals surface area contributed by atoms with Crippen molar-refractivity contribution in [1.29, 1.82) is 0 Å². The lowest BCUT2D eigenvalue weighted by Crippen LogP contribution is -2.38. The first-order valence-electron chi connectivity index (χ1n) is 11.0. The maximum Gasteiger partial charge on any atom is 0.255 e. The topological polar surface area (TPSA) is 86.8 Å². The van der Waals surface area contributed by atoms with Crippen molar-refractivity contribution in [2.45, 2.75) is 51.7 Å². The molecular formula is C24H24Cl2N6O. The number of benzene rings is 2. The van der Waals surface area contributed by atoms with Crippen molar-refractivity contribution in [2.24, 2.45) is 0 Å². The summed E-state index contributed by atoms with van der Waals surface area (Å²) in [7, 11) is 0. The summed E-state index contributed by atoms with van der Waals surface area (Å²) in [6.45, 7) is 6.14. The first-order chi connectivity index (χ1) is 15.8. The number of rotatable bonds is 4. The molecule has 0 bridgehead atoms. The average Bonchev–Trinajstić information content (AvgIpc) is 3.35. The summed E-state index contributed by atoms with van der Waals surface area (Å²) in [4.78, 5) is 31.9. The number of amides is 1. The largest absolute Gasteiger partial charge is 0.360 e. The fraction of sp³-hybridized carbons (Fsp3) is 0.333. The van der Waals surface area contributed by atoms with Gasteiger partial charge < -0.3 is 15.2 Å². The second-order valence-electron chi connectivity index (χ2n) is 8.71. The third kappa shape index (κ3) is 4.00. The highest BCUT2D eigenvalue weighted by atomic mass is 35.5. The highest BCUT2D eigenvalue weighted by Crippen LogP contribution is 2.32. The number of hydrogen-bond donors (Lipinski definition) is 2. The van der Waals surface area contributed by atoms with Crippen LogP contribution in [0.25, 0.3) is 21.9 Å². The Kier molecular flexibility index (Phi) is 5.62. The predicted molar refractivity (Wildman–Crippen MR) is 132 cm³/mol. The van der Waals surface area contributed by atoms with Gasteiger partial charge in [-0.1, -0.05) is 23.2 Å². The molecule has 1 fully saturated rings. The Bertz CT molecular complexity index is 1360. The van der Waals surface area contributed by atoms with Gasteiger partial charge in [-0.2, -0.15) is 0 Å². The van der Waals surface area contributed by atoms with E-state index < -0.39 is 0 Å². The maximum atomic E-state index is 13.2. The normalized spacial score (nSPS) is 19.4. The van der Waals surface area contributed by atoms with Gasteiger partial charge in [0.2, 0.25) is 0 Å². The second-order valence-corrected chi connectivity index (χ2v) is 9.55. The third-order valence-electron chi connectivity index (χ3n) is 6.37. The highest BCUT2D eigenvalue weighted by molar-refractivity contribution is 6.35. The van der Waals surface area contributed by atoms with Crippen LogP contribution in [0.1, 0.15) is 55.8 Å². The summed E-state index contributed by atoms with van der Waals surface area (Å²) in [5, 5.41) is 5.18. The number of imidazole rings is 1. The minimum Gasteiger partial charge on any atom is -0.360 e. The van der Waals surface area contributed by atoms with Crippen LogP contribution in [0.5, 0.6) is 0 Å². The number of hydrogen-bond acceptors (Lipinski definition) is 5. The zero-order valence-corrected chi connectivity index (χ0v) is 20.1. The van der Waals surface area contributed by atoms with Gasteiger partial charge in [-0.3, -0.25) is 4.79 Å². The number of fused-ring (bicyclic) bond motifs is 2. The Labute approximate surface area is 201 Å². The summed E-state index contributed by atoms with van der Waals surface area (Å²) >= 11 is 12.7. The van der Waals surface area contributed by atoms with E-state index in [1.165, 1.54) is 6.33 Å². The number of likely N-dealkylation sites (tertiary alicyclic amines) is 1. The average molecular weight is 483 g/mol. The number of halogens is 2. The lowest BCUT2D eigenvalue weighted by Gasteiger charge is -2.27. The van der Waals surface area contributed by atoms with Gasteiger partial charge in [0.15, 0.2) is 0 Å². The van der Waals surface area contributed by atoms with Crippen LogP contribution >= 0.6 is 23.2 Å². The van der Waals surface area contributed by atoms with Crippen molar-refractivity contribution < 1.29 is 4.79 Å². The van der Waals surface area contributed by atoms with E-state index in [0.717, 1.165) is 35.1 Å². The zero-order chi connectivity index (χ0) is 23.3. The maximum absolute atomic E-state index is 13.2. The van der Waals surface area contributed by atoms with Crippen molar-refractivity contribution in [3.63, 3.8) is 0 Å². The second kappa shape index (κ2) is 8.47. The molecule has 5 rings (SSSR count). The Morgan fingerprint density at radius 2 is 1.88 bits per heavy atom. The summed E-state index contributed by atoms with van der Waals surface area (Å²) in [6.07, 6.45) is 3.49. The molecule has 2 N–H and O–H groups in total. The van der Waals surface area contributed by atoms with Gasteiger partial charge in [-0.15, -0.1) is 0 Å². The van der Waals surface area contributed by atoms with Crippen LogP contribution in [0.15, 0.2) is 36.7 Å². The van der Waals surface area contributed by atoms with Gasteiger partial charge in [0.05, 0.1) is 33.2 Å². The van der Waals surface area contributed by atoms with E-state index in [1.807, 2.05) is 30.0 Å². The van der Waals surface area contributed by atoms with E-state index in [4.69, 9.17) is 23.2 Å². The summed E-state index contributed by atoms with van der Waals surface area (Å²) in [6, 6.07) is 9.30. The fourth-order valence-electron chi connectivity index (χ4n) is 4.57. The molecule has 4 aromatic rings. The number of nitrogens with one attached hydrogen (secondary N) is 2. The quantitative estimate of drug-likeness (QED) is 0.372. The molecule has 0 saturated carbocycles. The molecule has 1 aliphatic heterocycles. The molecule has 0 aliphatic carbocycles. The van der Waals surface area contributed by atoms with E-state index in [2.05, 4.69) is 39.1 Å². The van der Waals surface area contributed by atoms with Crippen molar-refractivity contribution >= 4 is 56.9 Å². The minimum absolute atomic E-state index is 0.0539. The van der Waals surface area contributed by atoms with E-state index in [-0.39, 0.29) is 24.0 Å². The van der Waals surface area contributed by atoms with Crippen molar-refractivity contribution in [3.8, 4) is 0 Å². The van der Waals surface area contributed by atoms with Crippen molar-refractivity contribution in [2.75, 3.05) is 5.32 Å². The molecule has 7 nitrogen and oxygen atoms in total. The van der Waals surface area contributed by atoms with E-state index in [9.17, 15) is 4.79 Å². The SMILES string of the molecule is CC(Nc1ncnc2cc(C(=O)N3C(C)CCC3C)c(Cl)cc12)c1nc2ccc(Cl)cc2[nH]1. The molecule has 1 amide bonds. The molecule has 1 saturated heterocycles. The predicted octanol–water partition coefficient (Wildman–Crippen LogP) is 6.00. The smallest absolute Gasteiger partial charge is 0.255 e. The van der Waals surface area contributed by atoms with Crippen molar-refractivity contribution in [3.05, 3.63) is 58.1 Å².